The Balaban J connectivity index is 2.41. The molecule has 1 rings (SSSR count). The van der Waals surface area contributed by atoms with E-state index in [9.17, 15) is 8.76 Å². The molecule has 1 aliphatic heterocycles. The Labute approximate surface area is 54.6 Å². The first-order chi connectivity index (χ1) is 3.80. The van der Waals surface area contributed by atoms with E-state index < -0.39 is 11.1 Å². The van der Waals surface area contributed by atoms with E-state index in [2.05, 4.69) is 0 Å². The lowest BCUT2D eigenvalue weighted by Gasteiger charge is -2.10. The van der Waals surface area contributed by atoms with Crippen molar-refractivity contribution in [2.45, 2.75) is 11.0 Å². The molecule has 2 unspecified atom stereocenters. The molecule has 0 saturated heterocycles. The third kappa shape index (κ3) is 1.34. The Kier molecular flexibility index (Phi) is 2.10. The Morgan fingerprint density at radius 2 is 2.62 bits per heavy atom. The third-order valence-corrected chi connectivity index (χ3v) is 3.14. The van der Waals surface area contributed by atoms with Gasteiger partial charge in [-0.2, -0.15) is 0 Å². The molecule has 2 atom stereocenters. The summed E-state index contributed by atoms with van der Waals surface area (Å²) in [7, 11) is 0. The second-order valence-corrected chi connectivity index (χ2v) is 3.94. The molecular formula is C4H5O2S2-. The molecular weight excluding hydrogens is 144 g/mol. The van der Waals surface area contributed by atoms with Gasteiger partial charge in [0, 0.05) is 0 Å². The second-order valence-electron chi connectivity index (χ2n) is 1.43. The average Bonchev–Trinajstić information content (AvgIpc) is 2.12. The quantitative estimate of drug-likeness (QED) is 0.519. The molecule has 0 aromatic heterocycles. The minimum Gasteiger partial charge on any atom is -0.771 e. The van der Waals surface area contributed by atoms with Gasteiger partial charge in [-0.3, -0.25) is 4.21 Å². The number of hydrogen-bond donors (Lipinski definition) is 0. The van der Waals surface area contributed by atoms with Gasteiger partial charge in [0.05, 0.1) is 4.58 Å². The van der Waals surface area contributed by atoms with Gasteiger partial charge in [0.25, 0.3) is 0 Å². The Morgan fingerprint density at radius 1 is 1.88 bits per heavy atom. The van der Waals surface area contributed by atoms with Gasteiger partial charge >= 0.3 is 0 Å². The fourth-order valence-electron chi connectivity index (χ4n) is 0.489. The van der Waals surface area contributed by atoms with Crippen LogP contribution >= 0.6 is 11.8 Å². The summed E-state index contributed by atoms with van der Waals surface area (Å²) in [5.74, 6) is 0. The molecule has 0 amide bonds. The molecule has 0 aliphatic carbocycles. The maximum absolute atomic E-state index is 10.1. The van der Waals surface area contributed by atoms with Crippen LogP contribution in [0.1, 0.15) is 6.42 Å². The van der Waals surface area contributed by atoms with Crippen molar-refractivity contribution in [2.24, 2.45) is 0 Å². The van der Waals surface area contributed by atoms with Crippen molar-refractivity contribution in [3.8, 4) is 0 Å². The highest BCUT2D eigenvalue weighted by Gasteiger charge is 2.09. The Hall–Kier alpha value is 0.200. The molecule has 8 heavy (non-hydrogen) atoms. The molecule has 1 aliphatic rings. The summed E-state index contributed by atoms with van der Waals surface area (Å²) >= 11 is -0.533. The minimum absolute atomic E-state index is 0.213. The van der Waals surface area contributed by atoms with Crippen molar-refractivity contribution in [1.82, 2.24) is 0 Å². The van der Waals surface area contributed by atoms with Crippen LogP contribution in [0, 0.1) is 0 Å². The molecule has 1 heterocycles. The van der Waals surface area contributed by atoms with Crippen LogP contribution in [0.5, 0.6) is 0 Å². The van der Waals surface area contributed by atoms with Crippen LogP contribution in [0.15, 0.2) is 11.5 Å². The molecule has 0 aromatic carbocycles. The van der Waals surface area contributed by atoms with Crippen molar-refractivity contribution in [2.75, 3.05) is 0 Å². The van der Waals surface area contributed by atoms with Gasteiger partial charge in [-0.15, -0.1) is 11.8 Å². The summed E-state index contributed by atoms with van der Waals surface area (Å²) in [6.45, 7) is 0. The van der Waals surface area contributed by atoms with Crippen molar-refractivity contribution in [1.29, 1.82) is 0 Å². The minimum atomic E-state index is -1.89. The van der Waals surface area contributed by atoms with E-state index >= 15 is 0 Å². The first kappa shape index (κ1) is 6.32. The van der Waals surface area contributed by atoms with Gasteiger partial charge < -0.3 is 4.55 Å². The lowest BCUT2D eigenvalue weighted by atomic mass is 10.5. The lowest BCUT2D eigenvalue weighted by molar-refractivity contribution is 0.534. The highest BCUT2D eigenvalue weighted by Crippen LogP contribution is 2.25. The van der Waals surface area contributed by atoms with E-state index in [0.717, 1.165) is 0 Å². The van der Waals surface area contributed by atoms with Crippen molar-refractivity contribution >= 4 is 22.8 Å². The van der Waals surface area contributed by atoms with Crippen LogP contribution in [0.2, 0.25) is 0 Å². The number of hydrogen-bond acceptors (Lipinski definition) is 3. The van der Waals surface area contributed by atoms with E-state index in [1.165, 1.54) is 11.8 Å². The number of thioether (sulfide) groups is 1. The van der Waals surface area contributed by atoms with Gasteiger partial charge in [-0.25, -0.2) is 0 Å². The van der Waals surface area contributed by atoms with Gasteiger partial charge in [-0.1, -0.05) is 6.08 Å². The summed E-state index contributed by atoms with van der Waals surface area (Å²) in [5, 5.41) is 1.82. The fraction of sp³-hybridized carbons (Fsp3) is 0.500. The zero-order chi connectivity index (χ0) is 5.98. The number of allylic oxidation sites excluding steroid dienone is 1. The first-order valence-electron chi connectivity index (χ1n) is 2.19. The molecule has 0 N–H and O–H groups in total. The summed E-state index contributed by atoms with van der Waals surface area (Å²) in [6.07, 6.45) is 2.53. The molecule has 4 heteroatoms. The van der Waals surface area contributed by atoms with Gasteiger partial charge in [0.1, 0.15) is 0 Å². The topological polar surface area (TPSA) is 40.1 Å². The summed E-state index contributed by atoms with van der Waals surface area (Å²) in [4.78, 5) is 0. The first-order valence-corrected chi connectivity index (χ1v) is 4.27. The Bertz CT molecular complexity index is 124. The van der Waals surface area contributed by atoms with Crippen LogP contribution in [-0.2, 0) is 11.1 Å². The maximum Gasteiger partial charge on any atom is 0.0745 e. The molecule has 46 valence electrons. The molecule has 0 radical (unpaired) electrons. The standard InChI is InChI=1S/C4H6O2S2/c5-8(6)4-2-1-3-7-4/h1,3-4H,2H2,(H,5,6)/p-1. The normalized spacial score (nSPS) is 30.9. The van der Waals surface area contributed by atoms with E-state index in [4.69, 9.17) is 0 Å². The second kappa shape index (κ2) is 2.66. The Morgan fingerprint density at radius 3 is 2.88 bits per heavy atom. The predicted octanol–water partition coefficient (Wildman–Crippen LogP) is 0.842. The van der Waals surface area contributed by atoms with E-state index in [-0.39, 0.29) is 4.58 Å². The zero-order valence-electron chi connectivity index (χ0n) is 4.07. The van der Waals surface area contributed by atoms with Crippen LogP contribution < -0.4 is 0 Å². The summed E-state index contributed by atoms with van der Waals surface area (Å²) < 4.78 is 20.1. The zero-order valence-corrected chi connectivity index (χ0v) is 5.71. The molecule has 0 aromatic rings. The van der Waals surface area contributed by atoms with Crippen LogP contribution in [0.25, 0.3) is 0 Å². The molecule has 0 fully saturated rings. The molecule has 0 bridgehead atoms. The highest BCUT2D eigenvalue weighted by molar-refractivity contribution is 8.12. The summed E-state index contributed by atoms with van der Waals surface area (Å²) in [5.41, 5.74) is 0. The third-order valence-electron chi connectivity index (χ3n) is 0.870. The van der Waals surface area contributed by atoms with Gasteiger partial charge in [-0.05, 0) is 22.9 Å². The van der Waals surface area contributed by atoms with Crippen molar-refractivity contribution < 1.29 is 8.76 Å². The maximum atomic E-state index is 10.1. The molecule has 2 nitrogen and oxygen atoms in total. The SMILES string of the molecule is O=S([O-])C1CC=CS1. The largest absolute Gasteiger partial charge is 0.771 e. The van der Waals surface area contributed by atoms with E-state index in [1.807, 2.05) is 11.5 Å². The molecule has 0 saturated carbocycles. The van der Waals surface area contributed by atoms with Gasteiger partial charge in [0.2, 0.25) is 0 Å². The van der Waals surface area contributed by atoms with Crippen LogP contribution in [0.3, 0.4) is 0 Å². The molecule has 0 spiro atoms. The fourth-order valence-corrected chi connectivity index (χ4v) is 1.93. The smallest absolute Gasteiger partial charge is 0.0745 e. The van der Waals surface area contributed by atoms with Crippen LogP contribution in [-0.4, -0.2) is 13.3 Å². The van der Waals surface area contributed by atoms with Crippen molar-refractivity contribution in [3.05, 3.63) is 11.5 Å². The van der Waals surface area contributed by atoms with Gasteiger partial charge in [0.15, 0.2) is 0 Å². The predicted molar refractivity (Wildman–Crippen MR) is 34.1 cm³/mol. The van der Waals surface area contributed by atoms with E-state index in [1.54, 1.807) is 0 Å². The monoisotopic (exact) mass is 149 g/mol. The van der Waals surface area contributed by atoms with E-state index in [0.29, 0.717) is 6.42 Å². The average molecular weight is 149 g/mol. The summed E-state index contributed by atoms with van der Waals surface area (Å²) in [6, 6.07) is 0. The van der Waals surface area contributed by atoms with Crippen molar-refractivity contribution in [3.63, 3.8) is 0 Å². The van der Waals surface area contributed by atoms with Crippen LogP contribution in [0.4, 0.5) is 0 Å². The number of rotatable bonds is 1. The highest BCUT2D eigenvalue weighted by atomic mass is 32.2. The lowest BCUT2D eigenvalue weighted by Crippen LogP contribution is -2.04.